The third-order valence-electron chi connectivity index (χ3n) is 1.92. The van der Waals surface area contributed by atoms with Crippen molar-refractivity contribution in [1.29, 1.82) is 0 Å². The van der Waals surface area contributed by atoms with Gasteiger partial charge in [0.15, 0.2) is 6.61 Å². The number of aryl methyl sites for hydroxylation is 1. The Balaban J connectivity index is 0.000000461. The van der Waals surface area contributed by atoms with Crippen LogP contribution in [-0.4, -0.2) is 17.5 Å². The number of aromatic hydroxyl groups is 1. The average molecular weight is 194 g/mol. The summed E-state index contributed by atoms with van der Waals surface area (Å²) in [7, 11) is 0. The Hall–Kier alpha value is -1.51. The SMILES string of the molecule is CC.Cc1cc(O)cc2c1C(=O)CO2. The van der Waals surface area contributed by atoms with Gasteiger partial charge in [-0.25, -0.2) is 0 Å². The Bertz CT molecular complexity index is 356. The van der Waals surface area contributed by atoms with Crippen LogP contribution < -0.4 is 4.74 Å². The minimum Gasteiger partial charge on any atom is -0.508 e. The maximum atomic E-state index is 11.2. The van der Waals surface area contributed by atoms with Crippen LogP contribution in [0.25, 0.3) is 0 Å². The molecule has 1 aromatic carbocycles. The molecule has 76 valence electrons. The van der Waals surface area contributed by atoms with Gasteiger partial charge in [-0.05, 0) is 18.6 Å². The van der Waals surface area contributed by atoms with Crippen molar-refractivity contribution < 1.29 is 14.6 Å². The van der Waals surface area contributed by atoms with E-state index in [1.165, 1.54) is 6.07 Å². The fraction of sp³-hybridized carbons (Fsp3) is 0.364. The monoisotopic (exact) mass is 194 g/mol. The number of hydrogen-bond acceptors (Lipinski definition) is 3. The number of ketones is 1. The van der Waals surface area contributed by atoms with Crippen LogP contribution in [0.15, 0.2) is 12.1 Å². The molecule has 3 nitrogen and oxygen atoms in total. The van der Waals surface area contributed by atoms with Gasteiger partial charge in [-0.1, -0.05) is 13.8 Å². The van der Waals surface area contributed by atoms with Crippen LogP contribution >= 0.6 is 0 Å². The molecule has 0 unspecified atom stereocenters. The first-order valence-corrected chi connectivity index (χ1v) is 4.68. The molecule has 0 aromatic heterocycles. The van der Waals surface area contributed by atoms with Gasteiger partial charge in [-0.3, -0.25) is 4.79 Å². The fourth-order valence-corrected chi connectivity index (χ4v) is 1.42. The number of hydrogen-bond donors (Lipinski definition) is 1. The zero-order valence-corrected chi connectivity index (χ0v) is 8.63. The van der Waals surface area contributed by atoms with Crippen LogP contribution in [0, 0.1) is 6.92 Å². The molecular formula is C11H14O3. The standard InChI is InChI=1S/C9H8O3.C2H6/c1-5-2-6(10)3-8-9(5)7(11)4-12-8;1-2/h2-3,10H,4H2,1H3;1-2H3. The summed E-state index contributed by atoms with van der Waals surface area (Å²) in [6.07, 6.45) is 0. The van der Waals surface area contributed by atoms with E-state index >= 15 is 0 Å². The van der Waals surface area contributed by atoms with E-state index in [1.54, 1.807) is 13.0 Å². The second-order valence-electron chi connectivity index (χ2n) is 2.85. The van der Waals surface area contributed by atoms with Gasteiger partial charge >= 0.3 is 0 Å². The van der Waals surface area contributed by atoms with E-state index in [2.05, 4.69) is 0 Å². The minimum absolute atomic E-state index is 0.0116. The predicted molar refractivity (Wildman–Crippen MR) is 54.0 cm³/mol. The molecule has 2 rings (SSSR count). The second kappa shape index (κ2) is 4.13. The Kier molecular flexibility index (Phi) is 3.12. The molecule has 0 radical (unpaired) electrons. The zero-order valence-electron chi connectivity index (χ0n) is 8.63. The molecule has 14 heavy (non-hydrogen) atoms. The molecule has 1 aliphatic heterocycles. The molecule has 0 saturated carbocycles. The summed E-state index contributed by atoms with van der Waals surface area (Å²) >= 11 is 0. The second-order valence-corrected chi connectivity index (χ2v) is 2.85. The van der Waals surface area contributed by atoms with Crippen molar-refractivity contribution in [3.63, 3.8) is 0 Å². The largest absolute Gasteiger partial charge is 0.508 e. The molecular weight excluding hydrogens is 180 g/mol. The van der Waals surface area contributed by atoms with Crippen molar-refractivity contribution in [2.75, 3.05) is 6.61 Å². The molecule has 0 aliphatic carbocycles. The first-order valence-electron chi connectivity index (χ1n) is 4.68. The average Bonchev–Trinajstić information content (AvgIpc) is 2.51. The normalized spacial score (nSPS) is 12.6. The highest BCUT2D eigenvalue weighted by Crippen LogP contribution is 2.31. The molecule has 0 fully saturated rings. The highest BCUT2D eigenvalue weighted by atomic mass is 16.5. The van der Waals surface area contributed by atoms with Crippen molar-refractivity contribution in [3.8, 4) is 11.5 Å². The van der Waals surface area contributed by atoms with Crippen molar-refractivity contribution in [2.24, 2.45) is 0 Å². The zero-order chi connectivity index (χ0) is 10.7. The van der Waals surface area contributed by atoms with Gasteiger partial charge in [-0.2, -0.15) is 0 Å². The van der Waals surface area contributed by atoms with Gasteiger partial charge in [0.2, 0.25) is 5.78 Å². The Morgan fingerprint density at radius 1 is 1.36 bits per heavy atom. The van der Waals surface area contributed by atoms with E-state index in [0.29, 0.717) is 11.3 Å². The van der Waals surface area contributed by atoms with Crippen molar-refractivity contribution in [2.45, 2.75) is 20.8 Å². The molecule has 0 amide bonds. The maximum absolute atomic E-state index is 11.2. The summed E-state index contributed by atoms with van der Waals surface area (Å²) in [6.45, 7) is 5.88. The van der Waals surface area contributed by atoms with E-state index in [9.17, 15) is 9.90 Å². The van der Waals surface area contributed by atoms with Crippen LogP contribution in [0.2, 0.25) is 0 Å². The number of carbonyl (C=O) groups is 1. The Morgan fingerprint density at radius 3 is 2.64 bits per heavy atom. The number of carbonyl (C=O) groups excluding carboxylic acids is 1. The highest BCUT2D eigenvalue weighted by molar-refractivity contribution is 6.03. The number of benzene rings is 1. The summed E-state index contributed by atoms with van der Waals surface area (Å²) < 4.78 is 5.06. The molecule has 0 spiro atoms. The summed E-state index contributed by atoms with van der Waals surface area (Å²) in [5.74, 6) is 0.626. The molecule has 1 aromatic rings. The minimum atomic E-state index is -0.0116. The third-order valence-corrected chi connectivity index (χ3v) is 1.92. The first-order chi connectivity index (χ1) is 6.68. The topological polar surface area (TPSA) is 46.5 Å². The van der Waals surface area contributed by atoms with Crippen LogP contribution in [0.3, 0.4) is 0 Å². The molecule has 1 N–H and O–H groups in total. The van der Waals surface area contributed by atoms with Crippen LogP contribution in [0.4, 0.5) is 0 Å². The molecule has 1 aliphatic rings. The quantitative estimate of drug-likeness (QED) is 0.689. The Morgan fingerprint density at radius 2 is 2.00 bits per heavy atom. The molecule has 0 bridgehead atoms. The number of rotatable bonds is 0. The summed E-state index contributed by atoms with van der Waals surface area (Å²) in [4.78, 5) is 11.2. The molecule has 3 heteroatoms. The van der Waals surface area contributed by atoms with E-state index in [0.717, 1.165) is 5.56 Å². The smallest absolute Gasteiger partial charge is 0.204 e. The van der Waals surface area contributed by atoms with Crippen LogP contribution in [-0.2, 0) is 0 Å². The number of Topliss-reactive ketones (excluding diaryl/α,β-unsaturated/α-hetero) is 1. The van der Waals surface area contributed by atoms with Crippen LogP contribution in [0.1, 0.15) is 29.8 Å². The van der Waals surface area contributed by atoms with Gasteiger partial charge in [0.05, 0.1) is 5.56 Å². The number of ether oxygens (including phenoxy) is 1. The van der Waals surface area contributed by atoms with E-state index < -0.39 is 0 Å². The van der Waals surface area contributed by atoms with Crippen molar-refractivity contribution >= 4 is 5.78 Å². The van der Waals surface area contributed by atoms with Gasteiger partial charge in [-0.15, -0.1) is 0 Å². The van der Waals surface area contributed by atoms with E-state index in [1.807, 2.05) is 13.8 Å². The lowest BCUT2D eigenvalue weighted by atomic mass is 10.1. The number of fused-ring (bicyclic) bond motifs is 1. The van der Waals surface area contributed by atoms with Crippen molar-refractivity contribution in [1.82, 2.24) is 0 Å². The van der Waals surface area contributed by atoms with Crippen LogP contribution in [0.5, 0.6) is 11.5 Å². The first kappa shape index (κ1) is 10.6. The lowest BCUT2D eigenvalue weighted by Gasteiger charge is -2.01. The summed E-state index contributed by atoms with van der Waals surface area (Å²) in [5, 5.41) is 9.17. The number of phenolic OH excluding ortho intramolecular Hbond substituents is 1. The fourth-order valence-electron chi connectivity index (χ4n) is 1.42. The van der Waals surface area contributed by atoms with Gasteiger partial charge in [0, 0.05) is 6.07 Å². The summed E-state index contributed by atoms with van der Waals surface area (Å²) in [5.41, 5.74) is 1.38. The van der Waals surface area contributed by atoms with E-state index in [4.69, 9.17) is 4.74 Å². The number of phenols is 1. The predicted octanol–water partition coefficient (Wildman–Crippen LogP) is 2.30. The molecule has 0 saturated heterocycles. The summed E-state index contributed by atoms with van der Waals surface area (Å²) in [6, 6.07) is 3.03. The van der Waals surface area contributed by atoms with Gasteiger partial charge < -0.3 is 9.84 Å². The van der Waals surface area contributed by atoms with Gasteiger partial charge in [0.25, 0.3) is 0 Å². The maximum Gasteiger partial charge on any atom is 0.204 e. The van der Waals surface area contributed by atoms with Crippen molar-refractivity contribution in [3.05, 3.63) is 23.3 Å². The van der Waals surface area contributed by atoms with E-state index in [-0.39, 0.29) is 18.1 Å². The molecule has 0 atom stereocenters. The third kappa shape index (κ3) is 1.71. The highest BCUT2D eigenvalue weighted by Gasteiger charge is 2.23. The molecule has 1 heterocycles. The lowest BCUT2D eigenvalue weighted by molar-refractivity contribution is 0.0960. The Labute approximate surface area is 83.3 Å². The van der Waals surface area contributed by atoms with Gasteiger partial charge in [0.1, 0.15) is 11.5 Å². The lowest BCUT2D eigenvalue weighted by Crippen LogP contribution is -2.00.